The van der Waals surface area contributed by atoms with Crippen LogP contribution in [-0.4, -0.2) is 28.4 Å². The van der Waals surface area contributed by atoms with E-state index in [9.17, 15) is 0 Å². The van der Waals surface area contributed by atoms with Crippen molar-refractivity contribution in [2.45, 2.75) is 23.6 Å². The van der Waals surface area contributed by atoms with Crippen LogP contribution >= 0.6 is 70.6 Å². The number of benzene rings is 4. The first-order chi connectivity index (χ1) is 20.4. The van der Waals surface area contributed by atoms with E-state index >= 15 is 0 Å². The van der Waals surface area contributed by atoms with Crippen molar-refractivity contribution in [3.8, 4) is 23.0 Å². The van der Waals surface area contributed by atoms with Crippen LogP contribution in [-0.2, 0) is 0 Å². The van der Waals surface area contributed by atoms with Crippen LogP contribution in [0.25, 0.3) is 21.5 Å². The van der Waals surface area contributed by atoms with Crippen molar-refractivity contribution in [1.82, 2.24) is 0 Å². The maximum Gasteiger partial charge on any atom is 0.133 e. The van der Waals surface area contributed by atoms with Crippen molar-refractivity contribution in [1.29, 1.82) is 0 Å². The summed E-state index contributed by atoms with van der Waals surface area (Å²) in [5.41, 5.74) is 0. The first kappa shape index (κ1) is 30.0. The molecule has 0 unspecified atom stereocenters. The molecule has 4 aromatic carbocycles. The van der Waals surface area contributed by atoms with Crippen molar-refractivity contribution in [2.24, 2.45) is 0 Å². The molecule has 0 aromatic heterocycles. The van der Waals surface area contributed by atoms with Gasteiger partial charge in [0.25, 0.3) is 0 Å². The predicted octanol–water partition coefficient (Wildman–Crippen LogP) is 11.4. The molecule has 0 atom stereocenters. The zero-order valence-corrected chi connectivity index (χ0v) is 28.8. The average molecular weight is 669 g/mol. The number of thioether (sulfide) groups is 6. The topological polar surface area (TPSA) is 36.9 Å². The molecule has 0 fully saturated rings. The Bertz CT molecular complexity index is 1680. The van der Waals surface area contributed by atoms with Gasteiger partial charge in [0.05, 0.1) is 55.2 Å². The third-order valence-electron chi connectivity index (χ3n) is 6.72. The van der Waals surface area contributed by atoms with Gasteiger partial charge in [0.2, 0.25) is 0 Å². The van der Waals surface area contributed by atoms with E-state index in [-0.39, 0.29) is 0 Å². The second kappa shape index (κ2) is 12.9. The van der Waals surface area contributed by atoms with E-state index in [0.717, 1.165) is 54.3 Å². The molecule has 0 aliphatic carbocycles. The maximum atomic E-state index is 5.79. The quantitative estimate of drug-likeness (QED) is 0.181. The SMILES string of the molecule is COc1ccc2c(SC3=C(C)S/C(=C4/SC(C)=C(Sc5c(OC)ccc6cc(OC)ccc56)S4)S3)c(OC)ccc2c1. The number of hydrogen-bond acceptors (Lipinski definition) is 10. The van der Waals surface area contributed by atoms with E-state index in [1.54, 1.807) is 52.0 Å². The lowest BCUT2D eigenvalue weighted by Crippen LogP contribution is -1.89. The molecule has 2 heterocycles. The van der Waals surface area contributed by atoms with Crippen LogP contribution in [0.1, 0.15) is 13.8 Å². The lowest BCUT2D eigenvalue weighted by Gasteiger charge is -2.13. The highest BCUT2D eigenvalue weighted by molar-refractivity contribution is 8.40. The minimum absolute atomic E-state index is 0.851. The first-order valence-corrected chi connectivity index (χ1v) is 17.8. The Kier molecular flexibility index (Phi) is 9.19. The Morgan fingerprint density at radius 2 is 0.929 bits per heavy atom. The van der Waals surface area contributed by atoms with Crippen LogP contribution < -0.4 is 18.9 Å². The molecular weight excluding hydrogens is 641 g/mol. The highest BCUT2D eigenvalue weighted by Gasteiger charge is 2.29. The standard InChI is InChI=1S/C32H28O4S6/c1-17-29(39-27-23-11-9-21(33-3)15-19(23)7-13-25(27)35-5)41-31(37-17)32-38-18(2)30(42-32)40-28-24-12-10-22(34-4)16-20(24)8-14-26(28)36-6/h7-16H,1-6H3/b32-31+. The van der Waals surface area contributed by atoms with Crippen molar-refractivity contribution in [3.63, 3.8) is 0 Å². The molecule has 0 amide bonds. The molecular formula is C32H28O4S6. The number of rotatable bonds is 8. The summed E-state index contributed by atoms with van der Waals surface area (Å²) in [6, 6.07) is 20.7. The van der Waals surface area contributed by atoms with Gasteiger partial charge in [0.15, 0.2) is 0 Å². The molecule has 0 radical (unpaired) electrons. The molecule has 0 N–H and O–H groups in total. The van der Waals surface area contributed by atoms with Gasteiger partial charge < -0.3 is 18.9 Å². The van der Waals surface area contributed by atoms with Gasteiger partial charge >= 0.3 is 0 Å². The van der Waals surface area contributed by atoms with Gasteiger partial charge in [-0.15, -0.1) is 0 Å². The predicted molar refractivity (Wildman–Crippen MR) is 189 cm³/mol. The van der Waals surface area contributed by atoms with Gasteiger partial charge in [-0.05, 0) is 83.9 Å². The lowest BCUT2D eigenvalue weighted by atomic mass is 10.1. The summed E-state index contributed by atoms with van der Waals surface area (Å²) in [7, 11) is 6.87. The molecule has 4 nitrogen and oxygen atoms in total. The molecule has 2 aliphatic heterocycles. The van der Waals surface area contributed by atoms with E-state index in [1.165, 1.54) is 26.8 Å². The fraction of sp³-hybridized carbons (Fsp3) is 0.188. The monoisotopic (exact) mass is 668 g/mol. The molecule has 4 aromatic rings. The Morgan fingerprint density at radius 3 is 1.31 bits per heavy atom. The molecule has 216 valence electrons. The van der Waals surface area contributed by atoms with Crippen molar-refractivity contribution in [3.05, 3.63) is 87.4 Å². The van der Waals surface area contributed by atoms with Crippen molar-refractivity contribution >= 4 is 92.1 Å². The van der Waals surface area contributed by atoms with E-state index in [0.29, 0.717) is 0 Å². The normalized spacial score (nSPS) is 17.1. The van der Waals surface area contributed by atoms with E-state index < -0.39 is 0 Å². The van der Waals surface area contributed by atoms with Crippen molar-refractivity contribution in [2.75, 3.05) is 28.4 Å². The fourth-order valence-corrected chi connectivity index (χ4v) is 13.2. The molecule has 10 heteroatoms. The molecule has 0 saturated carbocycles. The van der Waals surface area contributed by atoms with Gasteiger partial charge in [-0.25, -0.2) is 0 Å². The van der Waals surface area contributed by atoms with Crippen LogP contribution in [0.15, 0.2) is 97.2 Å². The van der Waals surface area contributed by atoms with Crippen LogP contribution in [0.4, 0.5) is 0 Å². The molecule has 6 rings (SSSR count). The van der Waals surface area contributed by atoms with E-state index in [1.807, 2.05) is 71.3 Å². The van der Waals surface area contributed by atoms with Crippen molar-refractivity contribution < 1.29 is 18.9 Å². The molecule has 0 saturated heterocycles. The summed E-state index contributed by atoms with van der Waals surface area (Å²) in [5.74, 6) is 3.47. The average Bonchev–Trinajstić information content (AvgIpc) is 3.57. The minimum atomic E-state index is 0.851. The summed E-state index contributed by atoms with van der Waals surface area (Å²) in [6.45, 7) is 4.42. The Balaban J connectivity index is 1.25. The molecule has 2 aliphatic rings. The maximum absolute atomic E-state index is 5.79. The summed E-state index contributed by atoms with van der Waals surface area (Å²) < 4.78 is 27.7. The number of fused-ring (bicyclic) bond motifs is 2. The summed E-state index contributed by atoms with van der Waals surface area (Å²) in [5, 5.41) is 4.59. The number of allylic oxidation sites excluding steroid dienone is 2. The Morgan fingerprint density at radius 1 is 0.500 bits per heavy atom. The number of methoxy groups -OCH3 is 4. The summed E-state index contributed by atoms with van der Waals surface area (Å²) in [4.78, 5) is 4.88. The van der Waals surface area contributed by atoms with Crippen LogP contribution in [0.5, 0.6) is 23.0 Å². The highest BCUT2D eigenvalue weighted by Crippen LogP contribution is 2.65. The number of hydrogen-bond donors (Lipinski definition) is 0. The zero-order chi connectivity index (χ0) is 29.4. The molecule has 0 spiro atoms. The fourth-order valence-electron chi connectivity index (χ4n) is 4.56. The van der Waals surface area contributed by atoms with Crippen LogP contribution in [0.3, 0.4) is 0 Å². The van der Waals surface area contributed by atoms with Gasteiger partial charge in [-0.2, -0.15) is 0 Å². The molecule has 0 bridgehead atoms. The minimum Gasteiger partial charge on any atom is -0.497 e. The summed E-state index contributed by atoms with van der Waals surface area (Å²) >= 11 is 11.0. The van der Waals surface area contributed by atoms with E-state index in [2.05, 4.69) is 50.2 Å². The third-order valence-corrected chi connectivity index (χ3v) is 15.5. The highest BCUT2D eigenvalue weighted by atomic mass is 32.2. The summed E-state index contributed by atoms with van der Waals surface area (Å²) in [6.07, 6.45) is 0. The molecule has 42 heavy (non-hydrogen) atoms. The van der Waals surface area contributed by atoms with Gasteiger partial charge in [0, 0.05) is 9.81 Å². The van der Waals surface area contributed by atoms with Gasteiger partial charge in [0.1, 0.15) is 23.0 Å². The largest absolute Gasteiger partial charge is 0.497 e. The first-order valence-electron chi connectivity index (χ1n) is 12.9. The lowest BCUT2D eigenvalue weighted by molar-refractivity contribution is 0.406. The van der Waals surface area contributed by atoms with Gasteiger partial charge in [-0.1, -0.05) is 82.7 Å². The Hall–Kier alpha value is -2.08. The smallest absolute Gasteiger partial charge is 0.133 e. The zero-order valence-electron chi connectivity index (χ0n) is 23.9. The van der Waals surface area contributed by atoms with Crippen LogP contribution in [0.2, 0.25) is 0 Å². The third kappa shape index (κ3) is 5.86. The second-order valence-corrected chi connectivity index (χ2v) is 16.8. The Labute approximate surface area is 271 Å². The van der Waals surface area contributed by atoms with E-state index in [4.69, 9.17) is 18.9 Å². The van der Waals surface area contributed by atoms with Crippen LogP contribution in [0, 0.1) is 0 Å². The van der Waals surface area contributed by atoms with Gasteiger partial charge in [-0.3, -0.25) is 0 Å². The second-order valence-electron chi connectivity index (χ2n) is 9.24. The number of ether oxygens (including phenoxy) is 4.